The van der Waals surface area contributed by atoms with Gasteiger partial charge in [-0.25, -0.2) is 13.3 Å². The van der Waals surface area contributed by atoms with E-state index < -0.39 is 15.8 Å². The zero-order chi connectivity index (χ0) is 19.9. The average Bonchev–Trinajstić information content (AvgIpc) is 3.02. The van der Waals surface area contributed by atoms with Gasteiger partial charge in [0.05, 0.1) is 29.2 Å². The molecule has 0 unspecified atom stereocenters. The summed E-state index contributed by atoms with van der Waals surface area (Å²) < 4.78 is 23.4. The molecule has 2 aliphatic rings. The number of hydrogen-bond donors (Lipinski definition) is 0. The first-order valence-electron chi connectivity index (χ1n) is 9.14. The van der Waals surface area contributed by atoms with Gasteiger partial charge in [0.25, 0.3) is 5.91 Å². The highest BCUT2D eigenvalue weighted by atomic mass is 32.2. The van der Waals surface area contributed by atoms with E-state index in [4.69, 9.17) is 0 Å². The van der Waals surface area contributed by atoms with Crippen molar-refractivity contribution in [2.24, 2.45) is 4.99 Å². The van der Waals surface area contributed by atoms with Crippen LogP contribution in [-0.4, -0.2) is 44.0 Å². The molecule has 0 aromatic heterocycles. The maximum atomic E-state index is 13.3. The molecule has 0 bridgehead atoms. The van der Waals surface area contributed by atoms with Crippen LogP contribution in [0.25, 0.3) is 0 Å². The van der Waals surface area contributed by atoms with Crippen LogP contribution in [0.2, 0.25) is 0 Å². The maximum Gasteiger partial charge on any atom is 0.265 e. The lowest BCUT2D eigenvalue weighted by Crippen LogP contribution is -2.46. The summed E-state index contributed by atoms with van der Waals surface area (Å²) >= 11 is 0. The van der Waals surface area contributed by atoms with Crippen LogP contribution in [0.15, 0.2) is 53.5 Å². The normalized spacial score (nSPS) is 24.0. The molecule has 2 aromatic rings. The summed E-state index contributed by atoms with van der Waals surface area (Å²) in [4.78, 5) is 31.9. The lowest BCUT2D eigenvalue weighted by molar-refractivity contribution is -0.118. The lowest BCUT2D eigenvalue weighted by Gasteiger charge is -2.31. The molecule has 2 atom stereocenters. The number of benzene rings is 2. The number of amides is 2. The van der Waals surface area contributed by atoms with Crippen molar-refractivity contribution in [1.82, 2.24) is 0 Å². The van der Waals surface area contributed by atoms with Gasteiger partial charge in [-0.05, 0) is 36.6 Å². The smallest absolute Gasteiger partial charge is 0.265 e. The van der Waals surface area contributed by atoms with Crippen LogP contribution in [0.4, 0.5) is 5.69 Å². The monoisotopic (exact) mass is 396 g/mol. The van der Waals surface area contributed by atoms with Crippen molar-refractivity contribution in [3.8, 4) is 0 Å². The predicted octanol–water partition coefficient (Wildman–Crippen LogP) is 2.52. The number of nitrogens with zero attached hydrogens (tertiary/aromatic N) is 2. The van der Waals surface area contributed by atoms with Gasteiger partial charge in [0.15, 0.2) is 9.84 Å². The minimum atomic E-state index is -3.05. The van der Waals surface area contributed by atoms with Crippen molar-refractivity contribution in [3.05, 3.63) is 65.2 Å². The van der Waals surface area contributed by atoms with Gasteiger partial charge < -0.3 is 0 Å². The number of sulfone groups is 1. The van der Waals surface area contributed by atoms with Gasteiger partial charge in [-0.15, -0.1) is 0 Å². The second kappa shape index (κ2) is 6.98. The summed E-state index contributed by atoms with van der Waals surface area (Å²) in [6.07, 6.45) is 1.98. The van der Waals surface area contributed by atoms with Crippen molar-refractivity contribution in [2.45, 2.75) is 25.3 Å². The van der Waals surface area contributed by atoms with Crippen molar-refractivity contribution in [2.75, 3.05) is 16.4 Å². The van der Waals surface area contributed by atoms with Crippen molar-refractivity contribution < 1.29 is 18.0 Å². The van der Waals surface area contributed by atoms with Crippen LogP contribution in [0.1, 0.15) is 33.8 Å². The molecule has 0 saturated carbocycles. The minimum Gasteiger partial charge on any atom is -0.292 e. The fraction of sp³-hybridized carbons (Fsp3) is 0.286. The molecule has 6 nitrogen and oxygen atoms in total. The summed E-state index contributed by atoms with van der Waals surface area (Å²) in [6.45, 7) is 1.85. The van der Waals surface area contributed by atoms with Crippen molar-refractivity contribution >= 4 is 33.6 Å². The molecule has 2 aliphatic heterocycles. The van der Waals surface area contributed by atoms with Gasteiger partial charge >= 0.3 is 0 Å². The molecule has 4 rings (SSSR count). The van der Waals surface area contributed by atoms with E-state index >= 15 is 0 Å². The Labute approximate surface area is 163 Å². The standard InChI is InChI=1S/C21H20N2O4S/c1-14-6-2-5-9-19(14)23-20(24)17-8-4-3-7-16(17)18(21(23)25)12-22-15-10-11-28(26,27)13-15/h2-9,12,15,18H,10-11,13H2,1H3/t15-,18-/m0/s1. The van der Waals surface area contributed by atoms with Crippen LogP contribution in [0, 0.1) is 6.92 Å². The molecule has 2 amide bonds. The summed E-state index contributed by atoms with van der Waals surface area (Å²) in [5.74, 6) is -1.33. The second-order valence-corrected chi connectivity index (χ2v) is 9.41. The zero-order valence-corrected chi connectivity index (χ0v) is 16.2. The third-order valence-corrected chi connectivity index (χ3v) is 6.98. The molecule has 0 aliphatic carbocycles. The summed E-state index contributed by atoms with van der Waals surface area (Å²) in [5, 5.41) is 0. The highest BCUT2D eigenvalue weighted by Gasteiger charge is 2.39. The SMILES string of the molecule is Cc1ccccc1N1C(=O)c2ccccc2[C@H](C=N[C@H]2CCS(=O)(=O)C2)C1=O. The fourth-order valence-electron chi connectivity index (χ4n) is 3.74. The third-order valence-electron chi connectivity index (χ3n) is 5.23. The van der Waals surface area contributed by atoms with E-state index in [-0.39, 0.29) is 29.4 Å². The van der Waals surface area contributed by atoms with Gasteiger partial charge in [-0.2, -0.15) is 0 Å². The molecule has 7 heteroatoms. The quantitative estimate of drug-likeness (QED) is 0.590. The Bertz CT molecular complexity index is 1090. The topological polar surface area (TPSA) is 83.9 Å². The largest absolute Gasteiger partial charge is 0.292 e. The average molecular weight is 396 g/mol. The number of carbonyl (C=O) groups excluding carboxylic acids is 2. The number of para-hydroxylation sites is 1. The first-order valence-corrected chi connectivity index (χ1v) is 11.0. The van der Waals surface area contributed by atoms with E-state index in [0.29, 0.717) is 23.2 Å². The molecule has 2 heterocycles. The molecular weight excluding hydrogens is 376 g/mol. The fourth-order valence-corrected chi connectivity index (χ4v) is 5.38. The van der Waals surface area contributed by atoms with Crippen LogP contribution >= 0.6 is 0 Å². The van der Waals surface area contributed by atoms with Gasteiger partial charge in [-0.1, -0.05) is 36.4 Å². The predicted molar refractivity (Wildman–Crippen MR) is 108 cm³/mol. The van der Waals surface area contributed by atoms with E-state index in [1.54, 1.807) is 36.4 Å². The maximum absolute atomic E-state index is 13.3. The van der Waals surface area contributed by atoms with E-state index in [9.17, 15) is 18.0 Å². The number of aliphatic imine (C=N–C) groups is 1. The summed E-state index contributed by atoms with van der Waals surface area (Å²) in [6, 6.07) is 13.9. The van der Waals surface area contributed by atoms with Crippen LogP contribution in [0.3, 0.4) is 0 Å². The highest BCUT2D eigenvalue weighted by Crippen LogP contribution is 2.33. The molecular formula is C21H20N2O4S. The van der Waals surface area contributed by atoms with E-state index in [1.807, 2.05) is 19.1 Å². The Hall–Kier alpha value is -2.80. The highest BCUT2D eigenvalue weighted by molar-refractivity contribution is 7.91. The van der Waals surface area contributed by atoms with Gasteiger partial charge in [0.2, 0.25) is 5.91 Å². The molecule has 0 radical (unpaired) electrons. The molecule has 0 spiro atoms. The van der Waals surface area contributed by atoms with Crippen LogP contribution in [0.5, 0.6) is 0 Å². The second-order valence-electron chi connectivity index (χ2n) is 7.19. The number of hydrogen-bond acceptors (Lipinski definition) is 5. The summed E-state index contributed by atoms with van der Waals surface area (Å²) in [7, 11) is -3.05. The summed E-state index contributed by atoms with van der Waals surface area (Å²) in [5.41, 5.74) is 2.43. The molecule has 1 fully saturated rings. The lowest BCUT2D eigenvalue weighted by atomic mass is 9.88. The Morgan fingerprint density at radius 3 is 2.50 bits per heavy atom. The van der Waals surface area contributed by atoms with Crippen molar-refractivity contribution in [1.29, 1.82) is 0 Å². The Kier molecular flexibility index (Phi) is 4.63. The Morgan fingerprint density at radius 1 is 1.07 bits per heavy atom. The number of imide groups is 1. The van der Waals surface area contributed by atoms with E-state index in [1.165, 1.54) is 11.1 Å². The van der Waals surface area contributed by atoms with Gasteiger partial charge in [0.1, 0.15) is 0 Å². The Balaban J connectivity index is 1.75. The number of rotatable bonds is 3. The number of carbonyl (C=O) groups is 2. The van der Waals surface area contributed by atoms with Gasteiger partial charge in [-0.3, -0.25) is 14.6 Å². The first kappa shape index (κ1) is 18.6. The van der Waals surface area contributed by atoms with Gasteiger partial charge in [0, 0.05) is 11.8 Å². The minimum absolute atomic E-state index is 0.00644. The molecule has 144 valence electrons. The van der Waals surface area contributed by atoms with Crippen LogP contribution in [-0.2, 0) is 14.6 Å². The first-order chi connectivity index (χ1) is 13.4. The van der Waals surface area contributed by atoms with Crippen LogP contribution < -0.4 is 4.90 Å². The van der Waals surface area contributed by atoms with Crippen molar-refractivity contribution in [3.63, 3.8) is 0 Å². The Morgan fingerprint density at radius 2 is 1.79 bits per heavy atom. The zero-order valence-electron chi connectivity index (χ0n) is 15.4. The molecule has 1 saturated heterocycles. The number of anilines is 1. The van der Waals surface area contributed by atoms with E-state index in [2.05, 4.69) is 4.99 Å². The van der Waals surface area contributed by atoms with E-state index in [0.717, 1.165) is 5.56 Å². The molecule has 0 N–H and O–H groups in total. The number of aryl methyl sites for hydroxylation is 1. The number of fused-ring (bicyclic) bond motifs is 1. The third kappa shape index (κ3) is 3.26. The molecule has 2 aromatic carbocycles. The molecule has 28 heavy (non-hydrogen) atoms.